The number of aryl methyl sites for hydroxylation is 1. The second kappa shape index (κ2) is 6.16. The van der Waals surface area contributed by atoms with E-state index in [2.05, 4.69) is 15.4 Å². The first-order valence-corrected chi connectivity index (χ1v) is 6.09. The predicted molar refractivity (Wildman–Crippen MR) is 71.7 cm³/mol. The molecular weight excluding hydrogens is 284 g/mol. The molecular formula is C12H11ClN4O3. The molecule has 0 atom stereocenters. The van der Waals surface area contributed by atoms with Gasteiger partial charge >= 0.3 is 5.97 Å². The smallest absolute Gasteiger partial charge is 0.337 e. The van der Waals surface area contributed by atoms with E-state index in [9.17, 15) is 9.59 Å². The Hall–Kier alpha value is -2.41. The van der Waals surface area contributed by atoms with Crippen molar-refractivity contribution in [1.82, 2.24) is 14.8 Å². The summed E-state index contributed by atoms with van der Waals surface area (Å²) in [6.45, 7) is 0.409. The summed E-state index contributed by atoms with van der Waals surface area (Å²) in [5, 5.41) is 15.4. The van der Waals surface area contributed by atoms with Gasteiger partial charge in [0.25, 0.3) is 0 Å². The number of carboxylic acid groups (broad SMARTS) is 1. The van der Waals surface area contributed by atoms with Crippen molar-refractivity contribution < 1.29 is 14.7 Å². The Labute approximate surface area is 119 Å². The molecule has 1 heterocycles. The van der Waals surface area contributed by atoms with Crippen LogP contribution in [0.15, 0.2) is 30.9 Å². The van der Waals surface area contributed by atoms with Crippen LogP contribution in [0.2, 0.25) is 5.02 Å². The Morgan fingerprint density at radius 2 is 2.20 bits per heavy atom. The number of rotatable bonds is 5. The van der Waals surface area contributed by atoms with Crippen molar-refractivity contribution in [3.8, 4) is 0 Å². The van der Waals surface area contributed by atoms with Gasteiger partial charge in [0.1, 0.15) is 12.7 Å². The highest BCUT2D eigenvalue weighted by atomic mass is 35.5. The van der Waals surface area contributed by atoms with Crippen molar-refractivity contribution >= 4 is 29.2 Å². The molecule has 0 aliphatic rings. The molecule has 2 N–H and O–H groups in total. The molecule has 1 aromatic carbocycles. The molecule has 20 heavy (non-hydrogen) atoms. The molecule has 7 nitrogen and oxygen atoms in total. The summed E-state index contributed by atoms with van der Waals surface area (Å²) in [5.41, 5.74) is 0.441. The third-order valence-electron chi connectivity index (χ3n) is 2.52. The van der Waals surface area contributed by atoms with Gasteiger partial charge in [-0.1, -0.05) is 11.6 Å². The number of aromatic nitrogens is 3. The van der Waals surface area contributed by atoms with E-state index in [0.29, 0.717) is 12.2 Å². The fraction of sp³-hybridized carbons (Fsp3) is 0.167. The van der Waals surface area contributed by atoms with Crippen molar-refractivity contribution in [2.45, 2.75) is 13.0 Å². The van der Waals surface area contributed by atoms with Crippen molar-refractivity contribution in [2.24, 2.45) is 0 Å². The number of hydrogen-bond acceptors (Lipinski definition) is 4. The van der Waals surface area contributed by atoms with E-state index in [1.807, 2.05) is 0 Å². The molecule has 0 bridgehead atoms. The summed E-state index contributed by atoms with van der Waals surface area (Å²) < 4.78 is 1.54. The van der Waals surface area contributed by atoms with Gasteiger partial charge in [-0.25, -0.2) is 9.78 Å². The third-order valence-corrected chi connectivity index (χ3v) is 2.83. The van der Waals surface area contributed by atoms with Crippen LogP contribution in [0, 0.1) is 0 Å². The molecule has 0 saturated heterocycles. The molecule has 2 rings (SSSR count). The minimum Gasteiger partial charge on any atom is -0.478 e. The van der Waals surface area contributed by atoms with E-state index in [1.54, 1.807) is 4.68 Å². The number of nitrogens with one attached hydrogen (secondary N) is 1. The first-order chi connectivity index (χ1) is 9.56. The number of halogens is 1. The number of anilines is 1. The van der Waals surface area contributed by atoms with Gasteiger partial charge in [-0.2, -0.15) is 5.10 Å². The maximum Gasteiger partial charge on any atom is 0.337 e. The average Bonchev–Trinajstić information content (AvgIpc) is 2.89. The maximum atomic E-state index is 11.7. The van der Waals surface area contributed by atoms with Crippen LogP contribution in [0.4, 0.5) is 5.69 Å². The van der Waals surface area contributed by atoms with Crippen molar-refractivity contribution in [1.29, 1.82) is 0 Å². The lowest BCUT2D eigenvalue weighted by atomic mass is 10.2. The zero-order valence-corrected chi connectivity index (χ0v) is 11.0. The average molecular weight is 295 g/mol. The summed E-state index contributed by atoms with van der Waals surface area (Å²) in [4.78, 5) is 26.3. The molecule has 0 fully saturated rings. The maximum absolute atomic E-state index is 11.7. The van der Waals surface area contributed by atoms with E-state index in [4.69, 9.17) is 16.7 Å². The number of carboxylic acids is 1. The minimum absolute atomic E-state index is 0.00715. The van der Waals surface area contributed by atoms with Crippen molar-refractivity contribution in [3.63, 3.8) is 0 Å². The van der Waals surface area contributed by atoms with Crippen LogP contribution in [-0.2, 0) is 11.3 Å². The number of nitrogens with zero attached hydrogens (tertiary/aromatic N) is 3. The van der Waals surface area contributed by atoms with Gasteiger partial charge in [0, 0.05) is 12.1 Å². The number of benzene rings is 1. The monoisotopic (exact) mass is 294 g/mol. The Morgan fingerprint density at radius 3 is 2.80 bits per heavy atom. The summed E-state index contributed by atoms with van der Waals surface area (Å²) in [6, 6.07) is 4.23. The standard InChI is InChI=1S/C12H11ClN4O3/c13-10-5-8(1-2-9(10)12(19)20)16-11(18)3-4-17-7-14-6-15-17/h1-2,5-7H,3-4H2,(H,16,18)(H,19,20). The number of hydrogen-bond donors (Lipinski definition) is 2. The van der Waals surface area contributed by atoms with Crippen LogP contribution in [0.1, 0.15) is 16.8 Å². The lowest BCUT2D eigenvalue weighted by Crippen LogP contribution is -2.15. The summed E-state index contributed by atoms with van der Waals surface area (Å²) in [6.07, 6.45) is 3.13. The van der Waals surface area contributed by atoms with Gasteiger partial charge in [0.05, 0.1) is 17.1 Å². The SMILES string of the molecule is O=C(CCn1cncn1)Nc1ccc(C(=O)O)c(Cl)c1. The van der Waals surface area contributed by atoms with Gasteiger partial charge in [0.2, 0.25) is 5.91 Å². The number of carbonyl (C=O) groups is 2. The molecule has 1 aromatic heterocycles. The first-order valence-electron chi connectivity index (χ1n) is 5.71. The molecule has 104 valence electrons. The van der Waals surface area contributed by atoms with Crippen LogP contribution < -0.4 is 5.32 Å². The van der Waals surface area contributed by atoms with E-state index in [1.165, 1.54) is 30.9 Å². The second-order valence-corrected chi connectivity index (χ2v) is 4.36. The molecule has 0 aliphatic carbocycles. The van der Waals surface area contributed by atoms with Crippen LogP contribution >= 0.6 is 11.6 Å². The molecule has 8 heteroatoms. The number of aromatic carboxylic acids is 1. The predicted octanol–water partition coefficient (Wildman–Crippen LogP) is 1.66. The molecule has 2 aromatic rings. The Kier molecular flexibility index (Phi) is 4.31. The van der Waals surface area contributed by atoms with Gasteiger partial charge in [-0.05, 0) is 18.2 Å². The Balaban J connectivity index is 1.94. The molecule has 0 spiro atoms. The van der Waals surface area contributed by atoms with Gasteiger partial charge in [-0.15, -0.1) is 0 Å². The fourth-order valence-electron chi connectivity index (χ4n) is 1.55. The highest BCUT2D eigenvalue weighted by Crippen LogP contribution is 2.21. The largest absolute Gasteiger partial charge is 0.478 e. The normalized spacial score (nSPS) is 10.2. The zero-order chi connectivity index (χ0) is 14.5. The number of amides is 1. The van der Waals surface area contributed by atoms with Gasteiger partial charge in [-0.3, -0.25) is 9.48 Å². The van der Waals surface area contributed by atoms with Crippen LogP contribution in [0.25, 0.3) is 0 Å². The fourth-order valence-corrected chi connectivity index (χ4v) is 1.82. The van der Waals surface area contributed by atoms with Crippen LogP contribution in [0.3, 0.4) is 0 Å². The number of carbonyl (C=O) groups excluding carboxylic acids is 1. The minimum atomic E-state index is -1.11. The second-order valence-electron chi connectivity index (χ2n) is 3.96. The van der Waals surface area contributed by atoms with Gasteiger partial charge < -0.3 is 10.4 Å². The topological polar surface area (TPSA) is 97.1 Å². The molecule has 0 aliphatic heterocycles. The zero-order valence-electron chi connectivity index (χ0n) is 10.3. The third kappa shape index (κ3) is 3.55. The van der Waals surface area contributed by atoms with E-state index in [-0.39, 0.29) is 22.9 Å². The van der Waals surface area contributed by atoms with E-state index < -0.39 is 5.97 Å². The van der Waals surface area contributed by atoms with Crippen molar-refractivity contribution in [2.75, 3.05) is 5.32 Å². The lowest BCUT2D eigenvalue weighted by Gasteiger charge is -2.07. The first kappa shape index (κ1) is 14.0. The molecule has 1 amide bonds. The Bertz CT molecular complexity index is 628. The van der Waals surface area contributed by atoms with E-state index >= 15 is 0 Å². The van der Waals surface area contributed by atoms with Crippen LogP contribution in [-0.4, -0.2) is 31.7 Å². The summed E-state index contributed by atoms with van der Waals surface area (Å²) in [5.74, 6) is -1.33. The highest BCUT2D eigenvalue weighted by molar-refractivity contribution is 6.33. The lowest BCUT2D eigenvalue weighted by molar-refractivity contribution is -0.116. The van der Waals surface area contributed by atoms with Gasteiger partial charge in [0.15, 0.2) is 0 Å². The molecule has 0 saturated carbocycles. The highest BCUT2D eigenvalue weighted by Gasteiger charge is 2.10. The van der Waals surface area contributed by atoms with E-state index in [0.717, 1.165) is 0 Å². The Morgan fingerprint density at radius 1 is 1.40 bits per heavy atom. The summed E-state index contributed by atoms with van der Waals surface area (Å²) in [7, 11) is 0. The summed E-state index contributed by atoms with van der Waals surface area (Å²) >= 11 is 5.81. The van der Waals surface area contributed by atoms with Crippen molar-refractivity contribution in [3.05, 3.63) is 41.4 Å². The molecule has 0 radical (unpaired) electrons. The quantitative estimate of drug-likeness (QED) is 0.874. The van der Waals surface area contributed by atoms with Crippen LogP contribution in [0.5, 0.6) is 0 Å². The molecule has 0 unspecified atom stereocenters.